The third kappa shape index (κ3) is 3.92. The number of hydrogen-bond acceptors (Lipinski definition) is 5. The summed E-state index contributed by atoms with van der Waals surface area (Å²) in [7, 11) is 1.54. The first-order valence-electron chi connectivity index (χ1n) is 3.46. The van der Waals surface area contributed by atoms with Crippen LogP contribution in [0.1, 0.15) is 0 Å². The Morgan fingerprint density at radius 2 is 2.31 bits per heavy atom. The first-order valence-corrected chi connectivity index (χ1v) is 3.46. The number of methoxy groups -OCH3 is 1. The molecule has 0 aliphatic carbocycles. The third-order valence-corrected chi connectivity index (χ3v) is 1.12. The van der Waals surface area contributed by atoms with Crippen LogP contribution >= 0.6 is 0 Å². The first kappa shape index (κ1) is 11.2. The van der Waals surface area contributed by atoms with Gasteiger partial charge in [0.05, 0.1) is 13.4 Å². The maximum atomic E-state index is 5.86. The molecule has 0 bridgehead atoms. The molecule has 0 unspecified atom stereocenters. The molecular formula is C7H13N5O. The summed E-state index contributed by atoms with van der Waals surface area (Å²) in [6, 6.07) is 3.56. The van der Waals surface area contributed by atoms with Crippen LogP contribution in [0.25, 0.3) is 0 Å². The second-order valence-electron chi connectivity index (χ2n) is 1.87. The van der Waals surface area contributed by atoms with Gasteiger partial charge in [-0.2, -0.15) is 0 Å². The number of aromatic nitrogens is 1. The van der Waals surface area contributed by atoms with Crippen LogP contribution in [0, 0.1) is 5.41 Å². The van der Waals surface area contributed by atoms with Crippen molar-refractivity contribution in [2.24, 2.45) is 11.6 Å². The fourth-order valence-corrected chi connectivity index (χ4v) is 0.663. The molecule has 1 heterocycles. The zero-order valence-electron chi connectivity index (χ0n) is 7.32. The monoisotopic (exact) mass is 183 g/mol. The highest BCUT2D eigenvalue weighted by Crippen LogP contribution is 2.17. The maximum absolute atomic E-state index is 5.86. The van der Waals surface area contributed by atoms with E-state index in [1.807, 2.05) is 0 Å². The van der Waals surface area contributed by atoms with Gasteiger partial charge in [-0.3, -0.25) is 11.3 Å². The van der Waals surface area contributed by atoms with Crippen LogP contribution in [0.15, 0.2) is 18.3 Å². The van der Waals surface area contributed by atoms with Crippen molar-refractivity contribution in [1.82, 2.24) is 4.98 Å². The number of hydrazine groups is 1. The van der Waals surface area contributed by atoms with E-state index in [4.69, 9.17) is 16.0 Å². The molecule has 0 atom stereocenters. The van der Waals surface area contributed by atoms with Crippen LogP contribution in [0.5, 0.6) is 5.88 Å². The Balaban J connectivity index is 0.000000424. The molecule has 1 aromatic heterocycles. The normalized spacial score (nSPS) is 7.85. The standard InChI is InChI=1S/C6H9N3O.CH4N2/c1-10-6-5(9-7)3-2-4-8-6;2-1-3/h2-4,9H,7H2,1H3;1H,(H3,2,3). The Hall–Kier alpha value is -1.82. The largest absolute Gasteiger partial charge is 0.479 e. The summed E-state index contributed by atoms with van der Waals surface area (Å²) >= 11 is 0. The minimum absolute atomic E-state index is 0.505. The van der Waals surface area contributed by atoms with E-state index in [0.717, 1.165) is 6.34 Å². The number of pyridine rings is 1. The van der Waals surface area contributed by atoms with Crippen LogP contribution in [-0.2, 0) is 0 Å². The molecule has 72 valence electrons. The predicted molar refractivity (Wildman–Crippen MR) is 51.6 cm³/mol. The number of nitrogens with two attached hydrogens (primary N) is 2. The summed E-state index contributed by atoms with van der Waals surface area (Å²) in [4.78, 5) is 3.90. The van der Waals surface area contributed by atoms with Crippen LogP contribution < -0.4 is 21.7 Å². The van der Waals surface area contributed by atoms with Crippen LogP contribution in [-0.4, -0.2) is 18.4 Å². The average molecular weight is 183 g/mol. The lowest BCUT2D eigenvalue weighted by atomic mass is 10.4. The molecule has 1 rings (SSSR count). The van der Waals surface area contributed by atoms with Gasteiger partial charge < -0.3 is 15.9 Å². The van der Waals surface area contributed by atoms with Gasteiger partial charge in [0.15, 0.2) is 0 Å². The first-order chi connectivity index (χ1) is 6.29. The second-order valence-corrected chi connectivity index (χ2v) is 1.87. The van der Waals surface area contributed by atoms with E-state index >= 15 is 0 Å². The average Bonchev–Trinajstić information content (AvgIpc) is 2.19. The van der Waals surface area contributed by atoms with E-state index in [1.54, 1.807) is 25.4 Å². The minimum atomic E-state index is 0.505. The van der Waals surface area contributed by atoms with E-state index < -0.39 is 0 Å². The van der Waals surface area contributed by atoms with Gasteiger partial charge in [0.25, 0.3) is 0 Å². The van der Waals surface area contributed by atoms with Crippen LogP contribution in [0.3, 0.4) is 0 Å². The molecule has 0 saturated carbocycles. The molecule has 1 aromatic rings. The molecule has 0 amide bonds. The van der Waals surface area contributed by atoms with Crippen molar-refractivity contribution in [3.63, 3.8) is 0 Å². The number of nitrogen functional groups attached to an aromatic ring is 1. The molecule has 0 aromatic carbocycles. The lowest BCUT2D eigenvalue weighted by Gasteiger charge is -2.03. The molecule has 6 nitrogen and oxygen atoms in total. The number of hydrogen-bond donors (Lipinski definition) is 4. The van der Waals surface area contributed by atoms with Gasteiger partial charge in [-0.1, -0.05) is 0 Å². The van der Waals surface area contributed by atoms with Crippen molar-refractivity contribution in [2.75, 3.05) is 12.5 Å². The van der Waals surface area contributed by atoms with Gasteiger partial charge in [0.2, 0.25) is 5.88 Å². The van der Waals surface area contributed by atoms with Gasteiger partial charge in [0.1, 0.15) is 5.69 Å². The summed E-state index contributed by atoms with van der Waals surface area (Å²) in [5.41, 5.74) is 7.53. The Morgan fingerprint density at radius 3 is 2.69 bits per heavy atom. The SMILES string of the molecule is COc1ncccc1NN.N=CN. The molecule has 6 N–H and O–H groups in total. The molecule has 13 heavy (non-hydrogen) atoms. The lowest BCUT2D eigenvalue weighted by Crippen LogP contribution is -2.08. The number of anilines is 1. The number of nitrogens with one attached hydrogen (secondary N) is 2. The highest BCUT2D eigenvalue weighted by Gasteiger charge is 1.97. The Labute approximate surface area is 76.4 Å². The summed E-state index contributed by atoms with van der Waals surface area (Å²) in [6.07, 6.45) is 2.39. The van der Waals surface area contributed by atoms with Gasteiger partial charge >= 0.3 is 0 Å². The molecule has 0 aliphatic rings. The van der Waals surface area contributed by atoms with E-state index in [0.29, 0.717) is 11.6 Å². The lowest BCUT2D eigenvalue weighted by molar-refractivity contribution is 0.400. The summed E-state index contributed by atoms with van der Waals surface area (Å²) < 4.78 is 4.88. The minimum Gasteiger partial charge on any atom is -0.479 e. The van der Waals surface area contributed by atoms with Crippen molar-refractivity contribution in [3.8, 4) is 5.88 Å². The summed E-state index contributed by atoms with van der Waals surface area (Å²) in [5.74, 6) is 5.66. The predicted octanol–water partition coefficient (Wildman–Crippen LogP) is -0.0720. The third-order valence-electron chi connectivity index (χ3n) is 1.12. The second kappa shape index (κ2) is 6.86. The van der Waals surface area contributed by atoms with Crippen molar-refractivity contribution < 1.29 is 4.74 Å². The molecule has 0 spiro atoms. The van der Waals surface area contributed by atoms with Gasteiger partial charge in [0, 0.05) is 6.20 Å². The Kier molecular flexibility index (Phi) is 5.90. The number of rotatable bonds is 2. The van der Waals surface area contributed by atoms with E-state index in [1.165, 1.54) is 0 Å². The zero-order chi connectivity index (χ0) is 10.1. The Morgan fingerprint density at radius 1 is 1.69 bits per heavy atom. The van der Waals surface area contributed by atoms with Crippen molar-refractivity contribution >= 4 is 12.0 Å². The van der Waals surface area contributed by atoms with E-state index in [-0.39, 0.29) is 0 Å². The van der Waals surface area contributed by atoms with Gasteiger partial charge in [-0.25, -0.2) is 4.98 Å². The smallest absolute Gasteiger partial charge is 0.238 e. The van der Waals surface area contributed by atoms with Crippen molar-refractivity contribution in [2.45, 2.75) is 0 Å². The van der Waals surface area contributed by atoms with E-state index in [2.05, 4.69) is 16.1 Å². The molecule has 0 saturated heterocycles. The highest BCUT2D eigenvalue weighted by atomic mass is 16.5. The molecule has 6 heteroatoms. The topological polar surface area (TPSA) is 110 Å². The van der Waals surface area contributed by atoms with Crippen LogP contribution in [0.2, 0.25) is 0 Å². The van der Waals surface area contributed by atoms with Crippen molar-refractivity contribution in [1.29, 1.82) is 5.41 Å². The maximum Gasteiger partial charge on any atom is 0.238 e. The summed E-state index contributed by atoms with van der Waals surface area (Å²) in [5, 5.41) is 5.86. The fourth-order valence-electron chi connectivity index (χ4n) is 0.663. The number of ether oxygens (including phenoxy) is 1. The highest BCUT2D eigenvalue weighted by molar-refractivity contribution is 5.50. The van der Waals surface area contributed by atoms with Crippen LogP contribution in [0.4, 0.5) is 5.69 Å². The fraction of sp³-hybridized carbons (Fsp3) is 0.143. The zero-order valence-corrected chi connectivity index (χ0v) is 7.32. The molecule has 0 aliphatic heterocycles. The number of nitrogens with zero attached hydrogens (tertiary/aromatic N) is 1. The van der Waals surface area contributed by atoms with Gasteiger partial charge in [-0.05, 0) is 12.1 Å². The molecule has 0 fully saturated rings. The van der Waals surface area contributed by atoms with E-state index in [9.17, 15) is 0 Å². The summed E-state index contributed by atoms with van der Waals surface area (Å²) in [6.45, 7) is 0. The quantitative estimate of drug-likeness (QED) is 0.222. The molecule has 0 radical (unpaired) electrons. The van der Waals surface area contributed by atoms with Crippen molar-refractivity contribution in [3.05, 3.63) is 18.3 Å². The van der Waals surface area contributed by atoms with Gasteiger partial charge in [-0.15, -0.1) is 0 Å². The molecular weight excluding hydrogens is 170 g/mol. The Bertz CT molecular complexity index is 229.